The van der Waals surface area contributed by atoms with Gasteiger partial charge < -0.3 is 10.5 Å². The molecule has 0 unspecified atom stereocenters. The average Bonchev–Trinajstić information content (AvgIpc) is 2.18. The maximum absolute atomic E-state index is 5.99. The van der Waals surface area contributed by atoms with Gasteiger partial charge in [0, 0.05) is 6.04 Å². The first kappa shape index (κ1) is 12.3. The van der Waals surface area contributed by atoms with Crippen LogP contribution in [0, 0.1) is 12.8 Å². The molecule has 0 bridgehead atoms. The molecule has 0 saturated heterocycles. The molecule has 1 aromatic carbocycles. The molecule has 0 radical (unpaired) electrons. The van der Waals surface area contributed by atoms with Crippen molar-refractivity contribution in [2.75, 3.05) is 6.61 Å². The third-order valence-corrected chi connectivity index (χ3v) is 2.69. The van der Waals surface area contributed by atoms with Crippen LogP contribution < -0.4 is 10.5 Å². The van der Waals surface area contributed by atoms with Crippen molar-refractivity contribution in [1.82, 2.24) is 0 Å². The van der Waals surface area contributed by atoms with E-state index < -0.39 is 0 Å². The van der Waals surface area contributed by atoms with Crippen LogP contribution in [0.15, 0.2) is 18.2 Å². The second-order valence-corrected chi connectivity index (χ2v) is 4.56. The quantitative estimate of drug-likeness (QED) is 0.858. The molecule has 0 aliphatic rings. The highest BCUT2D eigenvalue weighted by molar-refractivity contribution is 6.32. The summed E-state index contributed by atoms with van der Waals surface area (Å²) in [5.74, 6) is 1.13. The molecular weight excluding hydrogens is 210 g/mol. The van der Waals surface area contributed by atoms with Crippen LogP contribution in [0.5, 0.6) is 5.75 Å². The van der Waals surface area contributed by atoms with Crippen LogP contribution in [-0.2, 0) is 0 Å². The number of benzene rings is 1. The molecule has 0 saturated carbocycles. The Kier molecular flexibility index (Phi) is 4.43. The molecule has 3 heteroatoms. The molecule has 84 valence electrons. The highest BCUT2D eigenvalue weighted by atomic mass is 35.5. The average molecular weight is 228 g/mol. The molecule has 0 spiro atoms. The van der Waals surface area contributed by atoms with Gasteiger partial charge in [-0.2, -0.15) is 0 Å². The van der Waals surface area contributed by atoms with Crippen LogP contribution in [0.4, 0.5) is 0 Å². The fourth-order valence-corrected chi connectivity index (χ4v) is 1.27. The Hall–Kier alpha value is -0.730. The molecule has 15 heavy (non-hydrogen) atoms. The Balaban J connectivity index is 2.61. The highest BCUT2D eigenvalue weighted by Crippen LogP contribution is 2.25. The maximum atomic E-state index is 5.99. The predicted molar refractivity (Wildman–Crippen MR) is 64.5 cm³/mol. The topological polar surface area (TPSA) is 35.2 Å². The summed E-state index contributed by atoms with van der Waals surface area (Å²) in [7, 11) is 0. The fraction of sp³-hybridized carbons (Fsp3) is 0.500. The van der Waals surface area contributed by atoms with Crippen molar-refractivity contribution in [2.45, 2.75) is 26.8 Å². The number of ether oxygens (including phenoxy) is 1. The Morgan fingerprint density at radius 3 is 2.67 bits per heavy atom. The minimum Gasteiger partial charge on any atom is -0.490 e. The van der Waals surface area contributed by atoms with E-state index in [1.165, 1.54) is 0 Å². The van der Waals surface area contributed by atoms with Gasteiger partial charge in [-0.25, -0.2) is 0 Å². The number of nitrogens with two attached hydrogens (primary N) is 1. The summed E-state index contributed by atoms with van der Waals surface area (Å²) in [5, 5.41) is 0.636. The van der Waals surface area contributed by atoms with Gasteiger partial charge in [0.2, 0.25) is 0 Å². The summed E-state index contributed by atoms with van der Waals surface area (Å²) >= 11 is 5.99. The molecule has 1 rings (SSSR count). The second kappa shape index (κ2) is 5.38. The van der Waals surface area contributed by atoms with E-state index in [0.29, 0.717) is 23.3 Å². The lowest BCUT2D eigenvalue weighted by Gasteiger charge is -2.17. The van der Waals surface area contributed by atoms with Gasteiger partial charge in [-0.3, -0.25) is 0 Å². The molecule has 0 fully saturated rings. The molecule has 1 aromatic rings. The third-order valence-electron chi connectivity index (χ3n) is 2.37. The number of aryl methyl sites for hydroxylation is 1. The van der Waals surface area contributed by atoms with E-state index >= 15 is 0 Å². The van der Waals surface area contributed by atoms with Crippen molar-refractivity contribution >= 4 is 11.6 Å². The monoisotopic (exact) mass is 227 g/mol. The van der Waals surface area contributed by atoms with E-state index in [4.69, 9.17) is 22.1 Å². The molecule has 0 amide bonds. The largest absolute Gasteiger partial charge is 0.490 e. The normalized spacial score (nSPS) is 12.9. The molecule has 0 aliphatic heterocycles. The van der Waals surface area contributed by atoms with E-state index in [0.717, 1.165) is 5.56 Å². The summed E-state index contributed by atoms with van der Waals surface area (Å²) in [6, 6.07) is 5.77. The Labute approximate surface area is 96.4 Å². The van der Waals surface area contributed by atoms with E-state index in [9.17, 15) is 0 Å². The summed E-state index contributed by atoms with van der Waals surface area (Å²) in [5.41, 5.74) is 7.02. The first-order chi connectivity index (χ1) is 7.00. The van der Waals surface area contributed by atoms with E-state index in [1.54, 1.807) is 0 Å². The molecule has 2 nitrogen and oxygen atoms in total. The molecule has 0 heterocycles. The van der Waals surface area contributed by atoms with Crippen LogP contribution in [0.25, 0.3) is 0 Å². The Morgan fingerprint density at radius 1 is 1.40 bits per heavy atom. The van der Waals surface area contributed by atoms with Gasteiger partial charge >= 0.3 is 0 Å². The lowest BCUT2D eigenvalue weighted by atomic mass is 10.1. The standard InChI is InChI=1S/C12H18ClNO/c1-8(2)11(14)7-15-12-6-9(3)4-5-10(12)13/h4-6,8,11H,7,14H2,1-3H3/t11-/m1/s1. The summed E-state index contributed by atoms with van der Waals surface area (Å²) < 4.78 is 5.58. The molecule has 0 aromatic heterocycles. The number of rotatable bonds is 4. The minimum absolute atomic E-state index is 0.0431. The first-order valence-corrected chi connectivity index (χ1v) is 5.53. The van der Waals surface area contributed by atoms with Crippen molar-refractivity contribution < 1.29 is 4.74 Å². The minimum atomic E-state index is 0.0431. The zero-order valence-corrected chi connectivity index (χ0v) is 10.2. The van der Waals surface area contributed by atoms with E-state index in [2.05, 4.69) is 13.8 Å². The SMILES string of the molecule is Cc1ccc(Cl)c(OC[C@@H](N)C(C)C)c1. The van der Waals surface area contributed by atoms with Gasteiger partial charge in [-0.05, 0) is 30.5 Å². The lowest BCUT2D eigenvalue weighted by Crippen LogP contribution is -2.33. The maximum Gasteiger partial charge on any atom is 0.138 e. The molecular formula is C12H18ClNO. The molecule has 0 aliphatic carbocycles. The zero-order chi connectivity index (χ0) is 11.4. The van der Waals surface area contributed by atoms with Crippen molar-refractivity contribution in [3.05, 3.63) is 28.8 Å². The Morgan fingerprint density at radius 2 is 2.07 bits per heavy atom. The number of halogens is 1. The second-order valence-electron chi connectivity index (χ2n) is 4.15. The van der Waals surface area contributed by atoms with Gasteiger partial charge in [0.1, 0.15) is 12.4 Å². The van der Waals surface area contributed by atoms with Crippen LogP contribution >= 0.6 is 11.6 Å². The van der Waals surface area contributed by atoms with Gasteiger partial charge in [0.25, 0.3) is 0 Å². The van der Waals surface area contributed by atoms with Crippen LogP contribution in [0.3, 0.4) is 0 Å². The van der Waals surface area contributed by atoms with Crippen molar-refractivity contribution in [2.24, 2.45) is 11.7 Å². The summed E-state index contributed by atoms with van der Waals surface area (Å²) in [6.07, 6.45) is 0. The summed E-state index contributed by atoms with van der Waals surface area (Å²) in [4.78, 5) is 0. The van der Waals surface area contributed by atoms with Crippen LogP contribution in [-0.4, -0.2) is 12.6 Å². The fourth-order valence-electron chi connectivity index (χ4n) is 1.10. The van der Waals surface area contributed by atoms with Crippen LogP contribution in [0.2, 0.25) is 5.02 Å². The highest BCUT2D eigenvalue weighted by Gasteiger charge is 2.09. The van der Waals surface area contributed by atoms with Crippen molar-refractivity contribution in [1.29, 1.82) is 0 Å². The van der Waals surface area contributed by atoms with Gasteiger partial charge in [-0.1, -0.05) is 31.5 Å². The van der Waals surface area contributed by atoms with E-state index in [-0.39, 0.29) is 6.04 Å². The molecule has 1 atom stereocenters. The first-order valence-electron chi connectivity index (χ1n) is 5.15. The molecule has 2 N–H and O–H groups in total. The lowest BCUT2D eigenvalue weighted by molar-refractivity contribution is 0.259. The smallest absolute Gasteiger partial charge is 0.138 e. The predicted octanol–water partition coefficient (Wildman–Crippen LogP) is 3.01. The zero-order valence-electron chi connectivity index (χ0n) is 9.46. The number of hydrogen-bond donors (Lipinski definition) is 1. The summed E-state index contributed by atoms with van der Waals surface area (Å²) in [6.45, 7) is 6.66. The third kappa shape index (κ3) is 3.73. The van der Waals surface area contributed by atoms with Gasteiger partial charge in [-0.15, -0.1) is 0 Å². The van der Waals surface area contributed by atoms with Gasteiger partial charge in [0.05, 0.1) is 5.02 Å². The van der Waals surface area contributed by atoms with Crippen molar-refractivity contribution in [3.63, 3.8) is 0 Å². The van der Waals surface area contributed by atoms with Crippen LogP contribution in [0.1, 0.15) is 19.4 Å². The van der Waals surface area contributed by atoms with Crippen molar-refractivity contribution in [3.8, 4) is 5.75 Å². The Bertz CT molecular complexity index is 325. The number of hydrogen-bond acceptors (Lipinski definition) is 2. The van der Waals surface area contributed by atoms with E-state index in [1.807, 2.05) is 25.1 Å². The van der Waals surface area contributed by atoms with Gasteiger partial charge in [0.15, 0.2) is 0 Å².